The van der Waals surface area contributed by atoms with Gasteiger partial charge < -0.3 is 20.5 Å². The molecule has 0 aliphatic carbocycles. The molecule has 0 aliphatic heterocycles. The first-order valence-corrected chi connectivity index (χ1v) is 9.03. The maximum absolute atomic E-state index is 12.6. The third kappa shape index (κ3) is 4.62. The molecule has 0 radical (unpaired) electrons. The molecule has 0 unspecified atom stereocenters. The minimum absolute atomic E-state index is 0.0306. The van der Waals surface area contributed by atoms with Crippen LogP contribution in [0.4, 0.5) is 11.4 Å². The van der Waals surface area contributed by atoms with Crippen LogP contribution in [0, 0.1) is 6.92 Å². The number of anilines is 2. The summed E-state index contributed by atoms with van der Waals surface area (Å²) in [5.74, 6) is -2.43. The largest absolute Gasteiger partial charge is 0.545 e. The number of hydrogen-bond acceptors (Lipinski definition) is 4. The first kappa shape index (κ1) is 20.1. The highest BCUT2D eigenvalue weighted by Crippen LogP contribution is 2.24. The summed E-state index contributed by atoms with van der Waals surface area (Å²) >= 11 is 6.07. The highest BCUT2D eigenvalue weighted by molar-refractivity contribution is 6.31. The lowest BCUT2D eigenvalue weighted by atomic mass is 10.1. The zero-order valence-corrected chi connectivity index (χ0v) is 16.1. The van der Waals surface area contributed by atoms with Crippen LogP contribution in [-0.4, -0.2) is 17.8 Å². The Bertz CT molecular complexity index is 1110. The maximum Gasteiger partial charge on any atom is 0.256 e. The van der Waals surface area contributed by atoms with Crippen LogP contribution in [0.25, 0.3) is 0 Å². The Balaban J connectivity index is 1.79. The second kappa shape index (κ2) is 8.58. The summed E-state index contributed by atoms with van der Waals surface area (Å²) in [7, 11) is 0. The molecule has 6 nitrogen and oxygen atoms in total. The maximum atomic E-state index is 12.6. The molecular formula is C22H16ClN2O4-. The average Bonchev–Trinajstić information content (AvgIpc) is 2.71. The fourth-order valence-corrected chi connectivity index (χ4v) is 2.91. The van der Waals surface area contributed by atoms with Gasteiger partial charge in [0.2, 0.25) is 0 Å². The molecule has 2 amide bonds. The van der Waals surface area contributed by atoms with Crippen molar-refractivity contribution in [3.05, 3.63) is 94.0 Å². The van der Waals surface area contributed by atoms with Gasteiger partial charge in [0.1, 0.15) is 0 Å². The molecule has 0 spiro atoms. The van der Waals surface area contributed by atoms with E-state index in [1.807, 2.05) is 0 Å². The molecule has 3 aromatic carbocycles. The van der Waals surface area contributed by atoms with E-state index in [4.69, 9.17) is 11.6 Å². The van der Waals surface area contributed by atoms with E-state index in [0.717, 1.165) is 5.56 Å². The summed E-state index contributed by atoms with van der Waals surface area (Å²) in [6.07, 6.45) is 0. The van der Waals surface area contributed by atoms with Crippen molar-refractivity contribution in [3.63, 3.8) is 0 Å². The van der Waals surface area contributed by atoms with Gasteiger partial charge in [-0.15, -0.1) is 0 Å². The smallest absolute Gasteiger partial charge is 0.256 e. The Hall–Kier alpha value is -3.64. The molecule has 29 heavy (non-hydrogen) atoms. The zero-order chi connectivity index (χ0) is 21.0. The standard InChI is InChI=1S/C22H17ClN2O4/c1-13-18(23)10-5-11-19(13)25-20(26)14-6-4-7-15(12-14)24-21(27)16-8-2-3-9-17(16)22(28)29/h2-12H,1H3,(H,24,27)(H,25,26)(H,28,29)/p-1. The van der Waals surface area contributed by atoms with E-state index >= 15 is 0 Å². The molecule has 0 saturated heterocycles. The van der Waals surface area contributed by atoms with Crippen LogP contribution < -0.4 is 15.7 Å². The molecule has 2 N–H and O–H groups in total. The summed E-state index contributed by atoms with van der Waals surface area (Å²) < 4.78 is 0. The van der Waals surface area contributed by atoms with Crippen molar-refractivity contribution in [2.24, 2.45) is 0 Å². The summed E-state index contributed by atoms with van der Waals surface area (Å²) in [5.41, 5.74) is 1.74. The van der Waals surface area contributed by atoms with Gasteiger partial charge in [-0.1, -0.05) is 41.9 Å². The quantitative estimate of drug-likeness (QED) is 0.676. The van der Waals surface area contributed by atoms with Gasteiger partial charge in [-0.2, -0.15) is 0 Å². The van der Waals surface area contributed by atoms with E-state index < -0.39 is 11.9 Å². The highest BCUT2D eigenvalue weighted by atomic mass is 35.5. The molecule has 0 bridgehead atoms. The third-order valence-corrected chi connectivity index (χ3v) is 4.70. The molecule has 3 aromatic rings. The SMILES string of the molecule is Cc1c(Cl)cccc1NC(=O)c1cccc(NC(=O)c2ccccc2C(=O)[O-])c1. The predicted molar refractivity (Wildman–Crippen MR) is 109 cm³/mol. The lowest BCUT2D eigenvalue weighted by Crippen LogP contribution is -2.26. The van der Waals surface area contributed by atoms with Gasteiger partial charge in [-0.3, -0.25) is 9.59 Å². The third-order valence-electron chi connectivity index (χ3n) is 4.29. The number of carboxylic acids is 1. The number of nitrogens with one attached hydrogen (secondary N) is 2. The molecule has 3 rings (SSSR count). The second-order valence-electron chi connectivity index (χ2n) is 6.23. The summed E-state index contributed by atoms with van der Waals surface area (Å²) in [5, 5.41) is 17.1. The average molecular weight is 408 g/mol. The number of amides is 2. The number of carboxylic acid groups (broad SMARTS) is 1. The van der Waals surface area contributed by atoms with E-state index in [1.54, 1.807) is 49.4 Å². The molecule has 146 valence electrons. The van der Waals surface area contributed by atoms with Crippen LogP contribution in [0.2, 0.25) is 5.02 Å². The zero-order valence-electron chi connectivity index (χ0n) is 15.4. The molecule has 0 aromatic heterocycles. The van der Waals surface area contributed by atoms with E-state index in [-0.39, 0.29) is 17.0 Å². The molecule has 0 atom stereocenters. The van der Waals surface area contributed by atoms with Gasteiger partial charge >= 0.3 is 0 Å². The van der Waals surface area contributed by atoms with E-state index in [0.29, 0.717) is 22.0 Å². The Morgan fingerprint density at radius 2 is 1.52 bits per heavy atom. The van der Waals surface area contributed by atoms with Crippen LogP contribution in [0.5, 0.6) is 0 Å². The lowest BCUT2D eigenvalue weighted by molar-refractivity contribution is -0.255. The van der Waals surface area contributed by atoms with Gasteiger partial charge in [0.25, 0.3) is 11.8 Å². The van der Waals surface area contributed by atoms with Gasteiger partial charge in [-0.25, -0.2) is 0 Å². The van der Waals surface area contributed by atoms with Gasteiger partial charge in [0, 0.05) is 33.1 Å². The van der Waals surface area contributed by atoms with Gasteiger partial charge in [-0.05, 0) is 48.9 Å². The fourth-order valence-electron chi connectivity index (χ4n) is 2.73. The van der Waals surface area contributed by atoms with Crippen LogP contribution in [0.1, 0.15) is 36.6 Å². The minimum Gasteiger partial charge on any atom is -0.545 e. The monoisotopic (exact) mass is 407 g/mol. The van der Waals surface area contributed by atoms with Crippen LogP contribution in [0.3, 0.4) is 0 Å². The molecular weight excluding hydrogens is 392 g/mol. The second-order valence-corrected chi connectivity index (χ2v) is 6.64. The first-order chi connectivity index (χ1) is 13.9. The van der Waals surface area contributed by atoms with Crippen molar-refractivity contribution in [1.29, 1.82) is 0 Å². The van der Waals surface area contributed by atoms with Crippen molar-refractivity contribution in [1.82, 2.24) is 0 Å². The van der Waals surface area contributed by atoms with Crippen molar-refractivity contribution in [2.45, 2.75) is 6.92 Å². The Morgan fingerprint density at radius 3 is 2.24 bits per heavy atom. The van der Waals surface area contributed by atoms with E-state index in [2.05, 4.69) is 10.6 Å². The predicted octanol–water partition coefficient (Wildman–Crippen LogP) is 3.52. The van der Waals surface area contributed by atoms with E-state index in [1.165, 1.54) is 24.3 Å². The van der Waals surface area contributed by atoms with Crippen molar-refractivity contribution >= 4 is 40.8 Å². The summed E-state index contributed by atoms with van der Waals surface area (Å²) in [6, 6.07) is 17.2. The number of benzene rings is 3. The summed E-state index contributed by atoms with van der Waals surface area (Å²) in [4.78, 5) is 36.2. The van der Waals surface area contributed by atoms with Crippen LogP contribution in [-0.2, 0) is 0 Å². The Morgan fingerprint density at radius 1 is 0.828 bits per heavy atom. The van der Waals surface area contributed by atoms with Crippen LogP contribution in [0.15, 0.2) is 66.7 Å². The van der Waals surface area contributed by atoms with Crippen LogP contribution >= 0.6 is 11.6 Å². The topological polar surface area (TPSA) is 98.3 Å². The number of carbonyl (C=O) groups is 3. The number of halogens is 1. The fraction of sp³-hybridized carbons (Fsp3) is 0.0455. The highest BCUT2D eigenvalue weighted by Gasteiger charge is 2.14. The molecule has 7 heteroatoms. The molecule has 0 aliphatic rings. The molecule has 0 heterocycles. The van der Waals surface area contributed by atoms with Crippen molar-refractivity contribution in [2.75, 3.05) is 10.6 Å². The van der Waals surface area contributed by atoms with Crippen molar-refractivity contribution in [3.8, 4) is 0 Å². The van der Waals surface area contributed by atoms with E-state index in [9.17, 15) is 19.5 Å². The normalized spacial score (nSPS) is 10.3. The molecule has 0 fully saturated rings. The van der Waals surface area contributed by atoms with Gasteiger partial charge in [0.05, 0.1) is 5.97 Å². The Kier molecular flexibility index (Phi) is 5.95. The number of rotatable bonds is 5. The number of carbonyl (C=O) groups excluding carboxylic acids is 3. The number of hydrogen-bond donors (Lipinski definition) is 2. The first-order valence-electron chi connectivity index (χ1n) is 8.65. The Labute approximate surface area is 172 Å². The van der Waals surface area contributed by atoms with Crippen molar-refractivity contribution < 1.29 is 19.5 Å². The van der Waals surface area contributed by atoms with Gasteiger partial charge in [0.15, 0.2) is 0 Å². The lowest BCUT2D eigenvalue weighted by Gasteiger charge is -2.12. The number of aromatic carboxylic acids is 1. The molecule has 0 saturated carbocycles. The minimum atomic E-state index is -1.44. The summed E-state index contributed by atoms with van der Waals surface area (Å²) in [6.45, 7) is 1.79.